The molecule has 12 heavy (non-hydrogen) atoms. The van der Waals surface area contributed by atoms with E-state index in [0.29, 0.717) is 0 Å². The molecule has 0 aromatic heterocycles. The first kappa shape index (κ1) is 11.4. The molecule has 1 atom stereocenters. The van der Waals surface area contributed by atoms with Crippen molar-refractivity contribution >= 4 is 0 Å². The maximum atomic E-state index is 8.55. The Bertz CT molecular complexity index is 128. The highest BCUT2D eigenvalue weighted by atomic mass is 16.5. The van der Waals surface area contributed by atoms with Crippen LogP contribution in [0.4, 0.5) is 0 Å². The van der Waals surface area contributed by atoms with Gasteiger partial charge in [0.2, 0.25) is 0 Å². The summed E-state index contributed by atoms with van der Waals surface area (Å²) in [5, 5.41) is 8.55. The number of nitriles is 1. The first-order valence-electron chi connectivity index (χ1n) is 4.77. The van der Waals surface area contributed by atoms with Crippen molar-refractivity contribution in [2.45, 2.75) is 51.6 Å². The standard InChI is InChI=1S/C10H19NO/c1-3-4-5-6-7-8-10(9-11)12-2/h10H,3-8H2,1-2H3. The molecule has 0 amide bonds. The summed E-state index contributed by atoms with van der Waals surface area (Å²) in [5.41, 5.74) is 0. The molecule has 0 aliphatic heterocycles. The van der Waals surface area contributed by atoms with Crippen molar-refractivity contribution in [1.29, 1.82) is 5.26 Å². The number of hydrogen-bond donors (Lipinski definition) is 0. The molecule has 0 spiro atoms. The van der Waals surface area contributed by atoms with Crippen LogP contribution in [0.25, 0.3) is 0 Å². The first-order valence-corrected chi connectivity index (χ1v) is 4.77. The van der Waals surface area contributed by atoms with Gasteiger partial charge in [0.15, 0.2) is 0 Å². The van der Waals surface area contributed by atoms with Crippen LogP contribution in [-0.2, 0) is 4.74 Å². The summed E-state index contributed by atoms with van der Waals surface area (Å²) >= 11 is 0. The number of methoxy groups -OCH3 is 1. The molecule has 1 unspecified atom stereocenters. The van der Waals surface area contributed by atoms with E-state index in [2.05, 4.69) is 13.0 Å². The van der Waals surface area contributed by atoms with Crippen molar-refractivity contribution in [1.82, 2.24) is 0 Å². The largest absolute Gasteiger partial charge is 0.367 e. The monoisotopic (exact) mass is 169 g/mol. The molecule has 0 aromatic carbocycles. The molecule has 0 heterocycles. The number of ether oxygens (including phenoxy) is 1. The Hall–Kier alpha value is -0.550. The van der Waals surface area contributed by atoms with Crippen LogP contribution in [-0.4, -0.2) is 13.2 Å². The van der Waals surface area contributed by atoms with Gasteiger partial charge in [0.1, 0.15) is 6.10 Å². The predicted octanol–water partition coefficient (Wildman–Crippen LogP) is 2.89. The first-order chi connectivity index (χ1) is 5.85. The molecule has 0 saturated heterocycles. The van der Waals surface area contributed by atoms with Crippen LogP contribution in [0.5, 0.6) is 0 Å². The van der Waals surface area contributed by atoms with E-state index in [1.807, 2.05) is 0 Å². The fourth-order valence-corrected chi connectivity index (χ4v) is 1.17. The van der Waals surface area contributed by atoms with Crippen LogP contribution in [0.15, 0.2) is 0 Å². The van der Waals surface area contributed by atoms with E-state index in [1.165, 1.54) is 25.7 Å². The summed E-state index contributed by atoms with van der Waals surface area (Å²) in [6.07, 6.45) is 6.92. The van der Waals surface area contributed by atoms with E-state index in [4.69, 9.17) is 10.00 Å². The summed E-state index contributed by atoms with van der Waals surface area (Å²) in [6.45, 7) is 2.20. The van der Waals surface area contributed by atoms with Crippen LogP contribution in [0.1, 0.15) is 45.4 Å². The van der Waals surface area contributed by atoms with E-state index >= 15 is 0 Å². The molecular formula is C10H19NO. The molecular weight excluding hydrogens is 150 g/mol. The van der Waals surface area contributed by atoms with E-state index in [-0.39, 0.29) is 6.10 Å². The Kier molecular flexibility index (Phi) is 8.15. The van der Waals surface area contributed by atoms with Crippen molar-refractivity contribution in [3.63, 3.8) is 0 Å². The van der Waals surface area contributed by atoms with Crippen molar-refractivity contribution in [3.8, 4) is 6.07 Å². The maximum absolute atomic E-state index is 8.55. The van der Waals surface area contributed by atoms with Gasteiger partial charge in [0.05, 0.1) is 6.07 Å². The average molecular weight is 169 g/mol. The summed E-state index contributed by atoms with van der Waals surface area (Å²) in [7, 11) is 1.60. The summed E-state index contributed by atoms with van der Waals surface area (Å²) in [6, 6.07) is 2.12. The Morgan fingerprint density at radius 3 is 2.42 bits per heavy atom. The van der Waals surface area contributed by atoms with Crippen molar-refractivity contribution in [2.24, 2.45) is 0 Å². The van der Waals surface area contributed by atoms with Gasteiger partial charge >= 0.3 is 0 Å². The molecule has 0 fully saturated rings. The Morgan fingerprint density at radius 1 is 1.25 bits per heavy atom. The summed E-state index contributed by atoms with van der Waals surface area (Å²) in [5.74, 6) is 0. The fraction of sp³-hybridized carbons (Fsp3) is 0.900. The van der Waals surface area contributed by atoms with E-state index in [9.17, 15) is 0 Å². The van der Waals surface area contributed by atoms with Crippen molar-refractivity contribution in [2.75, 3.05) is 7.11 Å². The maximum Gasteiger partial charge on any atom is 0.143 e. The SMILES string of the molecule is CCCCCCCC(C#N)OC. The highest BCUT2D eigenvalue weighted by Crippen LogP contribution is 2.08. The van der Waals surface area contributed by atoms with E-state index in [1.54, 1.807) is 7.11 Å². The molecule has 70 valence electrons. The highest BCUT2D eigenvalue weighted by molar-refractivity contribution is 4.82. The van der Waals surface area contributed by atoms with E-state index < -0.39 is 0 Å². The average Bonchev–Trinajstić information content (AvgIpc) is 2.11. The van der Waals surface area contributed by atoms with Crippen molar-refractivity contribution in [3.05, 3.63) is 0 Å². The van der Waals surface area contributed by atoms with Gasteiger partial charge < -0.3 is 4.74 Å². The summed E-state index contributed by atoms with van der Waals surface area (Å²) in [4.78, 5) is 0. The minimum absolute atomic E-state index is 0.188. The van der Waals surface area contributed by atoms with Crippen LogP contribution in [0.2, 0.25) is 0 Å². The normalized spacial score (nSPS) is 12.4. The number of hydrogen-bond acceptors (Lipinski definition) is 2. The number of rotatable bonds is 7. The fourth-order valence-electron chi connectivity index (χ4n) is 1.17. The molecule has 0 N–H and O–H groups in total. The summed E-state index contributed by atoms with van der Waals surface area (Å²) < 4.78 is 4.94. The second-order valence-electron chi connectivity index (χ2n) is 3.06. The minimum atomic E-state index is -0.188. The molecule has 2 nitrogen and oxygen atoms in total. The predicted molar refractivity (Wildman–Crippen MR) is 49.8 cm³/mol. The Labute approximate surface area is 75.5 Å². The van der Waals surface area contributed by atoms with E-state index in [0.717, 1.165) is 12.8 Å². The second-order valence-corrected chi connectivity index (χ2v) is 3.06. The lowest BCUT2D eigenvalue weighted by atomic mass is 10.1. The molecule has 0 aromatic rings. The van der Waals surface area contributed by atoms with Crippen LogP contribution in [0, 0.1) is 11.3 Å². The lowest BCUT2D eigenvalue weighted by Gasteiger charge is -2.05. The lowest BCUT2D eigenvalue weighted by Crippen LogP contribution is -2.06. The number of nitrogens with zero attached hydrogens (tertiary/aromatic N) is 1. The van der Waals surface area contributed by atoms with Gasteiger partial charge in [-0.15, -0.1) is 0 Å². The van der Waals surface area contributed by atoms with Gasteiger partial charge in [-0.2, -0.15) is 5.26 Å². The molecule has 0 aliphatic rings. The van der Waals surface area contributed by atoms with Crippen LogP contribution >= 0.6 is 0 Å². The van der Waals surface area contributed by atoms with Crippen LogP contribution in [0.3, 0.4) is 0 Å². The van der Waals surface area contributed by atoms with Crippen molar-refractivity contribution < 1.29 is 4.74 Å². The van der Waals surface area contributed by atoms with Gasteiger partial charge in [-0.1, -0.05) is 32.6 Å². The number of unbranched alkanes of at least 4 members (excludes halogenated alkanes) is 4. The van der Waals surface area contributed by atoms with Gasteiger partial charge in [0.25, 0.3) is 0 Å². The molecule has 0 radical (unpaired) electrons. The Balaban J connectivity index is 3.13. The molecule has 0 aliphatic carbocycles. The molecule has 2 heteroatoms. The second kappa shape index (κ2) is 8.55. The molecule has 0 bridgehead atoms. The van der Waals surface area contributed by atoms with Gasteiger partial charge in [-0.05, 0) is 12.8 Å². The molecule has 0 saturated carbocycles. The van der Waals surface area contributed by atoms with Gasteiger partial charge in [-0.25, -0.2) is 0 Å². The molecule has 0 rings (SSSR count). The quantitative estimate of drug-likeness (QED) is 0.549. The smallest absolute Gasteiger partial charge is 0.143 e. The minimum Gasteiger partial charge on any atom is -0.367 e. The third kappa shape index (κ3) is 6.18. The third-order valence-electron chi connectivity index (χ3n) is 2.00. The zero-order valence-corrected chi connectivity index (χ0v) is 8.18. The highest BCUT2D eigenvalue weighted by Gasteiger charge is 2.02. The van der Waals surface area contributed by atoms with Gasteiger partial charge in [0, 0.05) is 7.11 Å². The zero-order chi connectivity index (χ0) is 9.23. The van der Waals surface area contributed by atoms with Crippen LogP contribution < -0.4 is 0 Å². The lowest BCUT2D eigenvalue weighted by molar-refractivity contribution is 0.136. The topological polar surface area (TPSA) is 33.0 Å². The Morgan fingerprint density at radius 2 is 1.92 bits per heavy atom. The third-order valence-corrected chi connectivity index (χ3v) is 2.00. The van der Waals surface area contributed by atoms with Gasteiger partial charge in [-0.3, -0.25) is 0 Å². The zero-order valence-electron chi connectivity index (χ0n) is 8.18.